The minimum absolute atomic E-state index is 0.102. The Labute approximate surface area is 162 Å². The van der Waals surface area contributed by atoms with Gasteiger partial charge in [0.1, 0.15) is 11.2 Å². The molecule has 0 saturated heterocycles. The standard InChI is InChI=1S/C17H13BrClN3O2S/c1-11(23)22(14-5-3-2-4-6-14)17-21-13(10-25-17)9-24-15-7-12(19)8-20-16(15)18/h2-8,10H,9H2,1H3. The molecule has 0 spiro atoms. The third-order valence-electron chi connectivity index (χ3n) is 3.21. The van der Waals surface area contributed by atoms with Gasteiger partial charge in [0.15, 0.2) is 10.9 Å². The van der Waals surface area contributed by atoms with Crippen LogP contribution in [0.15, 0.2) is 52.6 Å². The van der Waals surface area contributed by atoms with E-state index in [2.05, 4.69) is 25.9 Å². The molecule has 0 bridgehead atoms. The molecule has 8 heteroatoms. The number of pyridine rings is 1. The van der Waals surface area contributed by atoms with Gasteiger partial charge in [-0.1, -0.05) is 29.8 Å². The summed E-state index contributed by atoms with van der Waals surface area (Å²) in [5.41, 5.74) is 1.49. The Balaban J connectivity index is 1.77. The summed E-state index contributed by atoms with van der Waals surface area (Å²) < 4.78 is 6.28. The number of ether oxygens (including phenoxy) is 1. The number of halogens is 2. The van der Waals surface area contributed by atoms with Crippen LogP contribution < -0.4 is 9.64 Å². The lowest BCUT2D eigenvalue weighted by Crippen LogP contribution is -2.22. The van der Waals surface area contributed by atoms with E-state index < -0.39 is 0 Å². The number of nitrogens with zero attached hydrogens (tertiary/aromatic N) is 3. The summed E-state index contributed by atoms with van der Waals surface area (Å²) in [7, 11) is 0. The summed E-state index contributed by atoms with van der Waals surface area (Å²) in [6, 6.07) is 11.1. The second-order valence-electron chi connectivity index (χ2n) is 5.04. The molecule has 128 valence electrons. The molecular weight excluding hydrogens is 426 g/mol. The van der Waals surface area contributed by atoms with Crippen LogP contribution in [0.5, 0.6) is 5.75 Å². The molecule has 0 aliphatic rings. The van der Waals surface area contributed by atoms with Crippen LogP contribution in [0.4, 0.5) is 10.8 Å². The summed E-state index contributed by atoms with van der Waals surface area (Å²) in [6.45, 7) is 1.76. The number of benzene rings is 1. The summed E-state index contributed by atoms with van der Waals surface area (Å²) in [4.78, 5) is 22.2. The van der Waals surface area contributed by atoms with E-state index in [-0.39, 0.29) is 12.5 Å². The highest BCUT2D eigenvalue weighted by Crippen LogP contribution is 2.30. The molecule has 0 aliphatic heterocycles. The fourth-order valence-corrected chi connectivity index (χ4v) is 3.48. The van der Waals surface area contributed by atoms with Gasteiger partial charge in [0.05, 0.1) is 16.4 Å². The van der Waals surface area contributed by atoms with Gasteiger partial charge in [0.25, 0.3) is 0 Å². The van der Waals surface area contributed by atoms with Crippen LogP contribution in [0.3, 0.4) is 0 Å². The van der Waals surface area contributed by atoms with E-state index in [0.717, 1.165) is 5.69 Å². The molecule has 0 saturated carbocycles. The number of rotatable bonds is 5. The molecule has 0 fully saturated rings. The predicted molar refractivity (Wildman–Crippen MR) is 103 cm³/mol. The highest BCUT2D eigenvalue weighted by atomic mass is 79.9. The second kappa shape index (κ2) is 7.95. The Morgan fingerprint density at radius 3 is 2.84 bits per heavy atom. The lowest BCUT2D eigenvalue weighted by atomic mass is 10.3. The number of aromatic nitrogens is 2. The molecular formula is C17H13BrClN3O2S. The minimum Gasteiger partial charge on any atom is -0.484 e. The van der Waals surface area contributed by atoms with E-state index in [9.17, 15) is 4.79 Å². The second-order valence-corrected chi connectivity index (χ2v) is 7.07. The van der Waals surface area contributed by atoms with Crippen molar-refractivity contribution in [1.29, 1.82) is 0 Å². The van der Waals surface area contributed by atoms with Gasteiger partial charge in [-0.2, -0.15) is 0 Å². The first kappa shape index (κ1) is 17.8. The first-order valence-electron chi connectivity index (χ1n) is 7.28. The van der Waals surface area contributed by atoms with Crippen LogP contribution in [0.25, 0.3) is 0 Å². The summed E-state index contributed by atoms with van der Waals surface area (Å²) in [5.74, 6) is 0.434. The number of anilines is 2. The Kier molecular flexibility index (Phi) is 5.67. The summed E-state index contributed by atoms with van der Waals surface area (Å²) in [6.07, 6.45) is 1.53. The van der Waals surface area contributed by atoms with E-state index in [1.54, 1.807) is 11.0 Å². The average Bonchev–Trinajstić information content (AvgIpc) is 3.05. The zero-order valence-electron chi connectivity index (χ0n) is 13.1. The van der Waals surface area contributed by atoms with Gasteiger partial charge < -0.3 is 4.74 Å². The maximum atomic E-state index is 12.0. The van der Waals surface area contributed by atoms with Gasteiger partial charge >= 0.3 is 0 Å². The van der Waals surface area contributed by atoms with Crippen molar-refractivity contribution in [2.45, 2.75) is 13.5 Å². The molecule has 0 atom stereocenters. The summed E-state index contributed by atoms with van der Waals surface area (Å²) in [5, 5.41) is 2.95. The van der Waals surface area contributed by atoms with Crippen LogP contribution in [-0.4, -0.2) is 15.9 Å². The largest absolute Gasteiger partial charge is 0.484 e. The highest BCUT2D eigenvalue weighted by Gasteiger charge is 2.18. The van der Waals surface area contributed by atoms with Crippen molar-refractivity contribution in [3.63, 3.8) is 0 Å². The normalized spacial score (nSPS) is 10.5. The van der Waals surface area contributed by atoms with Gasteiger partial charge in [-0.3, -0.25) is 9.69 Å². The molecule has 0 unspecified atom stereocenters. The predicted octanol–water partition coefficient (Wildman–Crippen LogP) is 5.22. The third-order valence-corrected chi connectivity index (χ3v) is 4.89. The van der Waals surface area contributed by atoms with E-state index in [1.807, 2.05) is 35.7 Å². The molecule has 2 heterocycles. The van der Waals surface area contributed by atoms with Crippen LogP contribution in [0.1, 0.15) is 12.6 Å². The smallest absolute Gasteiger partial charge is 0.230 e. The van der Waals surface area contributed by atoms with Crippen LogP contribution in [-0.2, 0) is 11.4 Å². The Morgan fingerprint density at radius 2 is 2.12 bits per heavy atom. The Hall–Kier alpha value is -1.96. The molecule has 2 aromatic heterocycles. The fourth-order valence-electron chi connectivity index (χ4n) is 2.13. The quantitative estimate of drug-likeness (QED) is 0.513. The van der Waals surface area contributed by atoms with Gasteiger partial charge in [-0.15, -0.1) is 11.3 Å². The van der Waals surface area contributed by atoms with Crippen molar-refractivity contribution in [2.75, 3.05) is 4.90 Å². The number of para-hydroxylation sites is 1. The SMILES string of the molecule is CC(=O)N(c1ccccc1)c1nc(COc2cc(Cl)cnc2Br)cs1. The maximum Gasteiger partial charge on any atom is 0.230 e. The van der Waals surface area contributed by atoms with Gasteiger partial charge in [-0.05, 0) is 28.1 Å². The van der Waals surface area contributed by atoms with E-state index in [1.165, 1.54) is 24.5 Å². The number of carbonyl (C=O) groups excluding carboxylic acids is 1. The molecule has 1 aromatic carbocycles. The molecule has 3 rings (SSSR count). The topological polar surface area (TPSA) is 55.3 Å². The Bertz CT molecular complexity index is 889. The molecule has 25 heavy (non-hydrogen) atoms. The lowest BCUT2D eigenvalue weighted by Gasteiger charge is -2.17. The van der Waals surface area contributed by atoms with Crippen LogP contribution in [0, 0.1) is 0 Å². The van der Waals surface area contributed by atoms with Crippen molar-refractivity contribution >= 4 is 55.6 Å². The van der Waals surface area contributed by atoms with E-state index >= 15 is 0 Å². The first-order chi connectivity index (χ1) is 12.0. The molecule has 0 aliphatic carbocycles. The number of thiazole rings is 1. The molecule has 1 amide bonds. The van der Waals surface area contributed by atoms with Crippen molar-refractivity contribution < 1.29 is 9.53 Å². The van der Waals surface area contributed by atoms with Crippen molar-refractivity contribution in [3.8, 4) is 5.75 Å². The third kappa shape index (κ3) is 4.36. The lowest BCUT2D eigenvalue weighted by molar-refractivity contribution is -0.115. The van der Waals surface area contributed by atoms with Gasteiger partial charge in [0.2, 0.25) is 5.91 Å². The summed E-state index contributed by atoms with van der Waals surface area (Å²) >= 11 is 10.6. The zero-order chi connectivity index (χ0) is 17.8. The number of amides is 1. The maximum absolute atomic E-state index is 12.0. The fraction of sp³-hybridized carbons (Fsp3) is 0.118. The molecule has 0 radical (unpaired) electrons. The van der Waals surface area contributed by atoms with Gasteiger partial charge in [-0.25, -0.2) is 9.97 Å². The average molecular weight is 439 g/mol. The molecule has 5 nitrogen and oxygen atoms in total. The number of carbonyl (C=O) groups is 1. The van der Waals surface area contributed by atoms with E-state index in [4.69, 9.17) is 16.3 Å². The van der Waals surface area contributed by atoms with Crippen LogP contribution in [0.2, 0.25) is 5.02 Å². The molecule has 0 N–H and O–H groups in total. The van der Waals surface area contributed by atoms with Crippen LogP contribution >= 0.6 is 38.9 Å². The zero-order valence-corrected chi connectivity index (χ0v) is 16.3. The van der Waals surface area contributed by atoms with Gasteiger partial charge in [0, 0.05) is 24.6 Å². The first-order valence-corrected chi connectivity index (χ1v) is 9.33. The van der Waals surface area contributed by atoms with E-state index in [0.29, 0.717) is 26.2 Å². The Morgan fingerprint density at radius 1 is 1.36 bits per heavy atom. The minimum atomic E-state index is -0.102. The monoisotopic (exact) mass is 437 g/mol. The highest BCUT2D eigenvalue weighted by molar-refractivity contribution is 9.10. The van der Waals surface area contributed by atoms with Crippen molar-refractivity contribution in [2.24, 2.45) is 0 Å². The molecule has 3 aromatic rings. The van der Waals surface area contributed by atoms with Crippen molar-refractivity contribution in [3.05, 3.63) is 63.3 Å². The number of hydrogen-bond donors (Lipinski definition) is 0. The number of hydrogen-bond acceptors (Lipinski definition) is 5. The van der Waals surface area contributed by atoms with Crippen molar-refractivity contribution in [1.82, 2.24) is 9.97 Å².